The van der Waals surface area contributed by atoms with Crippen LogP contribution in [0.4, 0.5) is 0 Å². The van der Waals surface area contributed by atoms with Gasteiger partial charge in [-0.25, -0.2) is 0 Å². The van der Waals surface area contributed by atoms with Crippen LogP contribution in [-0.4, -0.2) is 19.1 Å². The van der Waals surface area contributed by atoms with Crippen molar-refractivity contribution in [3.63, 3.8) is 0 Å². The highest BCUT2D eigenvalue weighted by molar-refractivity contribution is 6.36. The Morgan fingerprint density at radius 1 is 1.17 bits per heavy atom. The van der Waals surface area contributed by atoms with E-state index in [1.807, 2.05) is 24.3 Å². The monoisotopic (exact) mass is 351 g/mol. The molecular weight excluding hydrogens is 333 g/mol. The van der Waals surface area contributed by atoms with Gasteiger partial charge in [-0.2, -0.15) is 0 Å². The van der Waals surface area contributed by atoms with Gasteiger partial charge in [0.25, 0.3) is 5.91 Å². The Kier molecular flexibility index (Phi) is 6.31. The molecule has 0 fully saturated rings. The van der Waals surface area contributed by atoms with Crippen molar-refractivity contribution in [3.05, 3.63) is 63.6 Å². The van der Waals surface area contributed by atoms with E-state index in [0.717, 1.165) is 11.3 Å². The first-order valence-electron chi connectivity index (χ1n) is 7.44. The second kappa shape index (κ2) is 8.23. The third-order valence-corrected chi connectivity index (χ3v) is 3.91. The van der Waals surface area contributed by atoms with Gasteiger partial charge in [0.05, 0.1) is 17.1 Å². The number of rotatable bonds is 6. The van der Waals surface area contributed by atoms with Crippen molar-refractivity contribution in [2.24, 2.45) is 0 Å². The molecular formula is C18H19Cl2NO2. The zero-order valence-electron chi connectivity index (χ0n) is 13.1. The average Bonchev–Trinajstić information content (AvgIpc) is 2.51. The molecule has 0 aliphatic heterocycles. The van der Waals surface area contributed by atoms with Crippen LogP contribution in [0, 0.1) is 0 Å². The van der Waals surface area contributed by atoms with Crippen LogP contribution in [0.1, 0.15) is 35.7 Å². The van der Waals surface area contributed by atoms with Gasteiger partial charge in [0.2, 0.25) is 0 Å². The molecule has 0 saturated carbocycles. The summed E-state index contributed by atoms with van der Waals surface area (Å²) >= 11 is 11.8. The molecule has 2 aromatic rings. The van der Waals surface area contributed by atoms with Crippen molar-refractivity contribution in [3.8, 4) is 5.75 Å². The molecule has 2 aromatic carbocycles. The number of hydrogen-bond donors (Lipinski definition) is 1. The minimum Gasteiger partial charge on any atom is -0.491 e. The lowest BCUT2D eigenvalue weighted by atomic mass is 10.0. The van der Waals surface area contributed by atoms with Crippen LogP contribution in [0.3, 0.4) is 0 Å². The molecule has 0 heterocycles. The summed E-state index contributed by atoms with van der Waals surface area (Å²) in [5, 5.41) is 3.62. The molecule has 0 atom stereocenters. The first-order chi connectivity index (χ1) is 11.0. The summed E-state index contributed by atoms with van der Waals surface area (Å²) in [6, 6.07) is 12.7. The van der Waals surface area contributed by atoms with E-state index in [4.69, 9.17) is 27.9 Å². The Labute approximate surface area is 146 Å². The zero-order valence-corrected chi connectivity index (χ0v) is 14.6. The maximum absolute atomic E-state index is 12.1. The van der Waals surface area contributed by atoms with Crippen LogP contribution in [0.2, 0.25) is 10.0 Å². The van der Waals surface area contributed by atoms with Crippen molar-refractivity contribution < 1.29 is 9.53 Å². The van der Waals surface area contributed by atoms with Crippen LogP contribution in [0.5, 0.6) is 5.75 Å². The molecule has 2 rings (SSSR count). The van der Waals surface area contributed by atoms with Crippen molar-refractivity contribution in [2.75, 3.05) is 13.2 Å². The number of halogens is 2. The number of benzene rings is 2. The minimum atomic E-state index is -0.243. The van der Waals surface area contributed by atoms with Crippen molar-refractivity contribution in [2.45, 2.75) is 19.8 Å². The van der Waals surface area contributed by atoms with E-state index in [-0.39, 0.29) is 5.91 Å². The second-order valence-corrected chi connectivity index (χ2v) is 6.26. The van der Waals surface area contributed by atoms with Crippen molar-refractivity contribution in [1.29, 1.82) is 0 Å². The molecule has 0 saturated heterocycles. The Morgan fingerprint density at radius 2 is 1.91 bits per heavy atom. The van der Waals surface area contributed by atoms with E-state index >= 15 is 0 Å². The first kappa shape index (κ1) is 17.6. The Hall–Kier alpha value is -1.71. The second-order valence-electron chi connectivity index (χ2n) is 5.42. The van der Waals surface area contributed by atoms with Crippen LogP contribution >= 0.6 is 23.2 Å². The maximum Gasteiger partial charge on any atom is 0.252 e. The number of nitrogens with one attached hydrogen (secondary N) is 1. The number of carbonyl (C=O) groups is 1. The van der Waals surface area contributed by atoms with Crippen LogP contribution in [0.15, 0.2) is 42.5 Å². The van der Waals surface area contributed by atoms with Gasteiger partial charge < -0.3 is 10.1 Å². The molecule has 0 radical (unpaired) electrons. The summed E-state index contributed by atoms with van der Waals surface area (Å²) in [7, 11) is 0. The molecule has 0 aromatic heterocycles. The fourth-order valence-corrected chi connectivity index (χ4v) is 2.68. The zero-order chi connectivity index (χ0) is 16.8. The summed E-state index contributed by atoms with van der Waals surface area (Å²) in [6.45, 7) is 5.02. The van der Waals surface area contributed by atoms with E-state index in [0.29, 0.717) is 34.7 Å². The lowest BCUT2D eigenvalue weighted by molar-refractivity contribution is 0.0947. The van der Waals surface area contributed by atoms with Crippen LogP contribution in [0.25, 0.3) is 0 Å². The Morgan fingerprint density at radius 3 is 2.61 bits per heavy atom. The lowest BCUT2D eigenvalue weighted by Crippen LogP contribution is -2.28. The van der Waals surface area contributed by atoms with E-state index in [9.17, 15) is 4.79 Å². The first-order valence-corrected chi connectivity index (χ1v) is 8.19. The lowest BCUT2D eigenvalue weighted by Gasteiger charge is -2.14. The number of amides is 1. The Bertz CT molecular complexity index is 686. The number of ether oxygens (including phenoxy) is 1. The van der Waals surface area contributed by atoms with Gasteiger partial charge in [0.15, 0.2) is 0 Å². The molecule has 122 valence electrons. The van der Waals surface area contributed by atoms with Gasteiger partial charge in [0.1, 0.15) is 12.4 Å². The summed E-state index contributed by atoms with van der Waals surface area (Å²) in [5.74, 6) is 0.988. The molecule has 1 amide bonds. The van der Waals surface area contributed by atoms with Gasteiger partial charge in [-0.3, -0.25) is 4.79 Å². The van der Waals surface area contributed by atoms with Gasteiger partial charge in [-0.1, -0.05) is 55.2 Å². The highest BCUT2D eigenvalue weighted by atomic mass is 35.5. The molecule has 3 nitrogen and oxygen atoms in total. The number of para-hydroxylation sites is 1. The van der Waals surface area contributed by atoms with Gasteiger partial charge >= 0.3 is 0 Å². The quantitative estimate of drug-likeness (QED) is 0.749. The molecule has 0 aliphatic rings. The third kappa shape index (κ3) is 4.88. The predicted molar refractivity (Wildman–Crippen MR) is 94.8 cm³/mol. The average molecular weight is 352 g/mol. The molecule has 0 spiro atoms. The Balaban J connectivity index is 1.87. The number of carbonyl (C=O) groups excluding carboxylic acids is 1. The van der Waals surface area contributed by atoms with Gasteiger partial charge in [-0.15, -0.1) is 0 Å². The fourth-order valence-electron chi connectivity index (χ4n) is 2.18. The van der Waals surface area contributed by atoms with Gasteiger partial charge in [0, 0.05) is 5.02 Å². The van der Waals surface area contributed by atoms with Crippen molar-refractivity contribution >= 4 is 29.1 Å². The minimum absolute atomic E-state index is 0.243. The fraction of sp³-hybridized carbons (Fsp3) is 0.278. The molecule has 23 heavy (non-hydrogen) atoms. The molecule has 0 bridgehead atoms. The maximum atomic E-state index is 12.1. The summed E-state index contributed by atoms with van der Waals surface area (Å²) < 4.78 is 5.77. The van der Waals surface area contributed by atoms with Crippen LogP contribution in [-0.2, 0) is 0 Å². The summed E-state index contributed by atoms with van der Waals surface area (Å²) in [4.78, 5) is 12.1. The van der Waals surface area contributed by atoms with E-state index in [2.05, 4.69) is 19.2 Å². The van der Waals surface area contributed by atoms with E-state index < -0.39 is 0 Å². The molecule has 1 N–H and O–H groups in total. The predicted octanol–water partition coefficient (Wildman–Crippen LogP) is 4.93. The molecule has 0 aliphatic carbocycles. The smallest absolute Gasteiger partial charge is 0.252 e. The third-order valence-electron chi connectivity index (χ3n) is 3.36. The standard InChI is InChI=1S/C18H19Cl2NO2/c1-12(2)14-5-3-4-6-17(14)23-10-9-21-18(22)15-8-7-13(19)11-16(15)20/h3-8,11-12H,9-10H2,1-2H3,(H,21,22). The molecule has 0 unspecified atom stereocenters. The van der Waals surface area contributed by atoms with Gasteiger partial charge in [-0.05, 0) is 35.7 Å². The van der Waals surface area contributed by atoms with Crippen molar-refractivity contribution in [1.82, 2.24) is 5.32 Å². The summed E-state index contributed by atoms with van der Waals surface area (Å²) in [6.07, 6.45) is 0. The van der Waals surface area contributed by atoms with E-state index in [1.165, 1.54) is 0 Å². The normalized spacial score (nSPS) is 10.7. The number of hydrogen-bond acceptors (Lipinski definition) is 2. The topological polar surface area (TPSA) is 38.3 Å². The molecule has 5 heteroatoms. The highest BCUT2D eigenvalue weighted by Crippen LogP contribution is 2.25. The van der Waals surface area contributed by atoms with Crippen LogP contribution < -0.4 is 10.1 Å². The summed E-state index contributed by atoms with van der Waals surface area (Å²) in [5.41, 5.74) is 1.55. The SMILES string of the molecule is CC(C)c1ccccc1OCCNC(=O)c1ccc(Cl)cc1Cl. The highest BCUT2D eigenvalue weighted by Gasteiger charge is 2.11. The van der Waals surface area contributed by atoms with E-state index in [1.54, 1.807) is 18.2 Å². The largest absolute Gasteiger partial charge is 0.491 e.